The molecule has 0 aliphatic carbocycles. The fourth-order valence-corrected chi connectivity index (χ4v) is 1.74. The number of carbonyl (C=O) groups excluding carboxylic acids is 1. The number of carboxylic acid groups (broad SMARTS) is 1. The molecule has 0 aliphatic heterocycles. The van der Waals surface area contributed by atoms with E-state index in [1.54, 1.807) is 18.2 Å². The van der Waals surface area contributed by atoms with Crippen molar-refractivity contribution in [3.63, 3.8) is 0 Å². The zero-order valence-electron chi connectivity index (χ0n) is 12.5. The summed E-state index contributed by atoms with van der Waals surface area (Å²) < 4.78 is 15.0. The van der Waals surface area contributed by atoms with Gasteiger partial charge in [-0.1, -0.05) is 12.7 Å². The molecule has 0 saturated heterocycles. The maximum absolute atomic E-state index is 11.5. The molecule has 1 amide bonds. The maximum atomic E-state index is 11.5. The largest absolute Gasteiger partial charge is 0.497 e. The molecule has 1 aromatic carbocycles. The van der Waals surface area contributed by atoms with Crippen molar-refractivity contribution in [2.24, 2.45) is 0 Å². The van der Waals surface area contributed by atoms with Crippen LogP contribution in [0.5, 0.6) is 11.5 Å². The molecule has 0 spiro atoms. The fraction of sp³-hybridized carbons (Fsp3) is 0.333. The molecule has 0 heterocycles. The summed E-state index contributed by atoms with van der Waals surface area (Å²) in [6.07, 6.45) is 0.635. The third kappa shape index (κ3) is 5.35. The molecule has 1 aromatic rings. The zero-order chi connectivity index (χ0) is 16.5. The van der Waals surface area contributed by atoms with Gasteiger partial charge in [0.1, 0.15) is 24.1 Å². The highest BCUT2D eigenvalue weighted by Gasteiger charge is 2.21. The Hall–Kier alpha value is -2.70. The van der Waals surface area contributed by atoms with Gasteiger partial charge >= 0.3 is 12.1 Å². The van der Waals surface area contributed by atoms with Crippen LogP contribution in [-0.4, -0.2) is 44.0 Å². The van der Waals surface area contributed by atoms with Crippen molar-refractivity contribution in [1.29, 1.82) is 0 Å². The van der Waals surface area contributed by atoms with Crippen molar-refractivity contribution < 1.29 is 28.9 Å². The number of carboxylic acids is 1. The first-order valence-corrected chi connectivity index (χ1v) is 6.49. The van der Waals surface area contributed by atoms with Crippen molar-refractivity contribution in [1.82, 2.24) is 5.32 Å². The van der Waals surface area contributed by atoms with E-state index >= 15 is 0 Å². The normalized spacial score (nSPS) is 11.2. The average Bonchev–Trinajstić information content (AvgIpc) is 2.51. The lowest BCUT2D eigenvalue weighted by atomic mass is 10.1. The minimum atomic E-state index is -1.17. The summed E-state index contributed by atoms with van der Waals surface area (Å²) in [5.41, 5.74) is 0.646. The molecule has 0 saturated carbocycles. The summed E-state index contributed by atoms with van der Waals surface area (Å²) in [6.45, 7) is 3.41. The average molecular weight is 309 g/mol. The highest BCUT2D eigenvalue weighted by molar-refractivity contribution is 5.80. The van der Waals surface area contributed by atoms with Crippen molar-refractivity contribution in [2.75, 3.05) is 20.8 Å². The monoisotopic (exact) mass is 309 g/mol. The van der Waals surface area contributed by atoms with E-state index in [2.05, 4.69) is 11.9 Å². The van der Waals surface area contributed by atoms with Gasteiger partial charge in [-0.2, -0.15) is 0 Å². The minimum Gasteiger partial charge on any atom is -0.497 e. The predicted molar refractivity (Wildman–Crippen MR) is 79.4 cm³/mol. The lowest BCUT2D eigenvalue weighted by Gasteiger charge is -2.15. The molecule has 2 N–H and O–H groups in total. The van der Waals surface area contributed by atoms with Gasteiger partial charge in [0.2, 0.25) is 0 Å². The molecule has 1 rings (SSSR count). The molecule has 120 valence electrons. The second kappa shape index (κ2) is 8.56. The Bertz CT molecular complexity index is 521. The highest BCUT2D eigenvalue weighted by atomic mass is 16.5. The summed E-state index contributed by atoms with van der Waals surface area (Å²) in [6, 6.07) is 3.89. The minimum absolute atomic E-state index is 0.00511. The molecule has 1 atom stereocenters. The number of ether oxygens (including phenoxy) is 3. The molecule has 0 fully saturated rings. The van der Waals surface area contributed by atoms with Gasteiger partial charge in [-0.25, -0.2) is 9.59 Å². The van der Waals surface area contributed by atoms with Gasteiger partial charge in [0.25, 0.3) is 0 Å². The number of amides is 1. The topological polar surface area (TPSA) is 94.1 Å². The molecule has 7 nitrogen and oxygen atoms in total. The summed E-state index contributed by atoms with van der Waals surface area (Å²) in [7, 11) is 3.00. The van der Waals surface area contributed by atoms with Crippen LogP contribution in [0.2, 0.25) is 0 Å². The Kier molecular flexibility index (Phi) is 6.75. The van der Waals surface area contributed by atoms with Crippen molar-refractivity contribution in [3.8, 4) is 11.5 Å². The highest BCUT2D eigenvalue weighted by Crippen LogP contribution is 2.23. The number of alkyl carbamates (subject to hydrolysis) is 1. The summed E-state index contributed by atoms with van der Waals surface area (Å²) in [5, 5.41) is 11.5. The first-order chi connectivity index (χ1) is 10.5. The van der Waals surface area contributed by atoms with E-state index in [0.717, 1.165) is 0 Å². The zero-order valence-corrected chi connectivity index (χ0v) is 12.5. The van der Waals surface area contributed by atoms with E-state index in [9.17, 15) is 14.7 Å². The molecule has 0 aromatic heterocycles. The first-order valence-electron chi connectivity index (χ1n) is 6.49. The van der Waals surface area contributed by atoms with Crippen LogP contribution in [0.25, 0.3) is 0 Å². The van der Waals surface area contributed by atoms with Crippen molar-refractivity contribution in [2.45, 2.75) is 12.5 Å². The number of rotatable bonds is 8. The van der Waals surface area contributed by atoms with Crippen LogP contribution in [0, 0.1) is 0 Å². The predicted octanol–water partition coefficient (Wildman–Crippen LogP) is 1.61. The second-order valence-electron chi connectivity index (χ2n) is 4.35. The van der Waals surface area contributed by atoms with Crippen LogP contribution in [0.3, 0.4) is 0 Å². The van der Waals surface area contributed by atoms with Gasteiger partial charge in [0.05, 0.1) is 14.2 Å². The van der Waals surface area contributed by atoms with Crippen LogP contribution in [-0.2, 0) is 16.0 Å². The standard InChI is InChI=1S/C15H19NO6/c1-4-5-22-15(19)16-13(14(17)18)8-10-6-11(20-2)9-12(7-10)21-3/h4,6-7,9,13H,1,5,8H2,2-3H3,(H,16,19)(H,17,18). The molecule has 7 heteroatoms. The summed E-state index contributed by atoms with van der Waals surface area (Å²) >= 11 is 0. The van der Waals surface area contributed by atoms with Gasteiger partial charge < -0.3 is 24.6 Å². The third-order valence-corrected chi connectivity index (χ3v) is 2.77. The Morgan fingerprint density at radius 3 is 2.32 bits per heavy atom. The number of aliphatic carboxylic acids is 1. The van der Waals surface area contributed by atoms with Crippen molar-refractivity contribution >= 4 is 12.1 Å². The number of nitrogens with one attached hydrogen (secondary N) is 1. The van der Waals surface area contributed by atoms with Gasteiger partial charge in [0, 0.05) is 12.5 Å². The fourth-order valence-electron chi connectivity index (χ4n) is 1.74. The number of benzene rings is 1. The van der Waals surface area contributed by atoms with Gasteiger partial charge in [-0.3, -0.25) is 0 Å². The van der Waals surface area contributed by atoms with E-state index in [-0.39, 0.29) is 13.0 Å². The van der Waals surface area contributed by atoms with Crippen LogP contribution < -0.4 is 14.8 Å². The first kappa shape index (κ1) is 17.4. The Morgan fingerprint density at radius 2 is 1.86 bits per heavy atom. The number of hydrogen-bond donors (Lipinski definition) is 2. The number of hydrogen-bond acceptors (Lipinski definition) is 5. The smallest absolute Gasteiger partial charge is 0.408 e. The van der Waals surface area contributed by atoms with E-state index in [0.29, 0.717) is 17.1 Å². The van der Waals surface area contributed by atoms with Crippen molar-refractivity contribution in [3.05, 3.63) is 36.4 Å². The van der Waals surface area contributed by atoms with E-state index in [1.165, 1.54) is 20.3 Å². The Labute approximate surface area is 128 Å². The molecule has 1 unspecified atom stereocenters. The third-order valence-electron chi connectivity index (χ3n) is 2.77. The van der Waals surface area contributed by atoms with Crippen LogP contribution in [0.15, 0.2) is 30.9 Å². The SMILES string of the molecule is C=CCOC(=O)NC(Cc1cc(OC)cc(OC)c1)C(=O)O. The molecule has 22 heavy (non-hydrogen) atoms. The lowest BCUT2D eigenvalue weighted by molar-refractivity contribution is -0.139. The molecular formula is C15H19NO6. The van der Waals surface area contributed by atoms with E-state index in [4.69, 9.17) is 14.2 Å². The van der Waals surface area contributed by atoms with Gasteiger partial charge in [0.15, 0.2) is 0 Å². The number of carbonyl (C=O) groups is 2. The summed E-state index contributed by atoms with van der Waals surface area (Å²) in [5.74, 6) is -0.0993. The van der Waals surface area contributed by atoms with Crippen LogP contribution in [0.4, 0.5) is 4.79 Å². The van der Waals surface area contributed by atoms with Gasteiger partial charge in [-0.15, -0.1) is 0 Å². The molecule has 0 bridgehead atoms. The quantitative estimate of drug-likeness (QED) is 0.709. The van der Waals surface area contributed by atoms with Crippen LogP contribution in [0.1, 0.15) is 5.56 Å². The summed E-state index contributed by atoms with van der Waals surface area (Å²) in [4.78, 5) is 22.7. The molecule has 0 radical (unpaired) electrons. The van der Waals surface area contributed by atoms with E-state index in [1.807, 2.05) is 0 Å². The number of methoxy groups -OCH3 is 2. The molecule has 0 aliphatic rings. The molecular weight excluding hydrogens is 290 g/mol. The Morgan fingerprint density at radius 1 is 1.27 bits per heavy atom. The van der Waals surface area contributed by atoms with E-state index < -0.39 is 18.1 Å². The maximum Gasteiger partial charge on any atom is 0.408 e. The Balaban J connectivity index is 2.84. The van der Waals surface area contributed by atoms with Crippen LogP contribution >= 0.6 is 0 Å². The second-order valence-corrected chi connectivity index (χ2v) is 4.35. The van der Waals surface area contributed by atoms with Gasteiger partial charge in [-0.05, 0) is 17.7 Å². The lowest BCUT2D eigenvalue weighted by Crippen LogP contribution is -2.42.